The highest BCUT2D eigenvalue weighted by atomic mass is 19.4. The topological polar surface area (TPSA) is 102 Å². The molecule has 0 spiro atoms. The Morgan fingerprint density at radius 1 is 0.957 bits per heavy atom. The number of carbonyl (C=O) groups excluding carboxylic acids is 2. The molecule has 254 valence electrons. The second kappa shape index (κ2) is 15.5. The standard InChI is InChI=1S/C33H46F3N7O2.CH4/c1-21(2)38-30(44)26-5-4-6-28(26)40-29-27(33(34,35)36)20-37-32(41-29)39-25-9-7-24(8-10-25)31(45)43-17-13-23(14-18-43)19-22-11-15-42(3)16-12-22;/h7-10,20-23,26,28H,4-6,11-19H2,1-3H3,(H,38,44)(H2,37,39,40,41);1H4/t26-,28+;/m0./s1. The fourth-order valence-electron chi connectivity index (χ4n) is 6.92. The Balaban J connectivity index is 0.00000480. The number of aromatic nitrogens is 2. The van der Waals surface area contributed by atoms with Crippen LogP contribution in [0.25, 0.3) is 0 Å². The Hall–Kier alpha value is -3.41. The summed E-state index contributed by atoms with van der Waals surface area (Å²) in [6, 6.07) is 6.31. The molecule has 2 amide bonds. The van der Waals surface area contributed by atoms with Crippen molar-refractivity contribution in [3.05, 3.63) is 41.6 Å². The lowest BCUT2D eigenvalue weighted by molar-refractivity contribution is -0.137. The maximum Gasteiger partial charge on any atom is 0.421 e. The van der Waals surface area contributed by atoms with Gasteiger partial charge in [-0.25, -0.2) is 4.98 Å². The summed E-state index contributed by atoms with van der Waals surface area (Å²) in [5.41, 5.74) is 0.125. The Morgan fingerprint density at radius 3 is 2.20 bits per heavy atom. The Morgan fingerprint density at radius 2 is 1.59 bits per heavy atom. The molecular formula is C34H50F3N7O2. The van der Waals surface area contributed by atoms with Gasteiger partial charge in [0.25, 0.3) is 5.91 Å². The molecule has 3 fully saturated rings. The van der Waals surface area contributed by atoms with E-state index in [9.17, 15) is 22.8 Å². The van der Waals surface area contributed by atoms with Crippen LogP contribution in [0.1, 0.15) is 88.6 Å². The van der Waals surface area contributed by atoms with Gasteiger partial charge in [0.2, 0.25) is 11.9 Å². The van der Waals surface area contributed by atoms with Crippen LogP contribution in [0.15, 0.2) is 30.5 Å². The van der Waals surface area contributed by atoms with Crippen LogP contribution in [0, 0.1) is 17.8 Å². The minimum atomic E-state index is -4.67. The van der Waals surface area contributed by atoms with Crippen molar-refractivity contribution in [1.29, 1.82) is 0 Å². The maximum atomic E-state index is 13.9. The smallest absolute Gasteiger partial charge is 0.366 e. The minimum Gasteiger partial charge on any atom is -0.366 e. The predicted octanol–water partition coefficient (Wildman–Crippen LogP) is 6.56. The van der Waals surface area contributed by atoms with Gasteiger partial charge in [0.05, 0.1) is 5.92 Å². The summed E-state index contributed by atoms with van der Waals surface area (Å²) in [5, 5.41) is 8.74. The van der Waals surface area contributed by atoms with E-state index >= 15 is 0 Å². The molecule has 12 heteroatoms. The van der Waals surface area contributed by atoms with E-state index in [0.29, 0.717) is 30.0 Å². The number of hydrogen-bond donors (Lipinski definition) is 3. The number of halogens is 3. The summed E-state index contributed by atoms with van der Waals surface area (Å²) in [7, 11) is 2.18. The molecule has 2 atom stereocenters. The maximum absolute atomic E-state index is 13.9. The average Bonchev–Trinajstić information content (AvgIpc) is 3.46. The van der Waals surface area contributed by atoms with Gasteiger partial charge in [-0.1, -0.05) is 13.8 Å². The van der Waals surface area contributed by atoms with Crippen molar-refractivity contribution >= 4 is 29.3 Å². The molecule has 2 aromatic rings. The molecule has 0 bridgehead atoms. The molecule has 3 aliphatic rings. The summed E-state index contributed by atoms with van der Waals surface area (Å²) in [4.78, 5) is 38.3. The van der Waals surface area contributed by atoms with Crippen molar-refractivity contribution < 1.29 is 22.8 Å². The minimum absolute atomic E-state index is 0. The number of anilines is 3. The van der Waals surface area contributed by atoms with Gasteiger partial charge in [-0.05, 0) is 115 Å². The average molecular weight is 646 g/mol. The number of likely N-dealkylation sites (tertiary alicyclic amines) is 2. The number of alkyl halides is 3. The third-order valence-corrected chi connectivity index (χ3v) is 9.49. The lowest BCUT2D eigenvalue weighted by atomic mass is 9.83. The number of amides is 2. The van der Waals surface area contributed by atoms with Gasteiger partial charge < -0.3 is 25.8 Å². The third-order valence-electron chi connectivity index (χ3n) is 9.49. The molecule has 3 heterocycles. The molecule has 0 unspecified atom stereocenters. The molecule has 0 radical (unpaired) electrons. The molecule has 5 rings (SSSR count). The molecule has 1 aromatic heterocycles. The van der Waals surface area contributed by atoms with E-state index in [1.54, 1.807) is 24.3 Å². The second-order valence-electron chi connectivity index (χ2n) is 13.3. The second-order valence-corrected chi connectivity index (χ2v) is 13.3. The summed E-state index contributed by atoms with van der Waals surface area (Å²) in [6.07, 6.45) is 3.82. The van der Waals surface area contributed by atoms with E-state index in [1.165, 1.54) is 32.4 Å². The first-order chi connectivity index (χ1) is 21.5. The highest BCUT2D eigenvalue weighted by molar-refractivity contribution is 5.94. The number of hydrogen-bond acceptors (Lipinski definition) is 7. The molecule has 1 aliphatic carbocycles. The number of rotatable bonds is 9. The monoisotopic (exact) mass is 645 g/mol. The fourth-order valence-corrected chi connectivity index (χ4v) is 6.92. The van der Waals surface area contributed by atoms with E-state index in [1.807, 2.05) is 18.7 Å². The van der Waals surface area contributed by atoms with E-state index < -0.39 is 23.7 Å². The van der Waals surface area contributed by atoms with E-state index in [2.05, 4.69) is 37.9 Å². The van der Waals surface area contributed by atoms with Crippen LogP contribution in [0.5, 0.6) is 0 Å². The van der Waals surface area contributed by atoms with Crippen LogP contribution in [0.3, 0.4) is 0 Å². The van der Waals surface area contributed by atoms with Crippen LogP contribution in [0.4, 0.5) is 30.6 Å². The molecule has 46 heavy (non-hydrogen) atoms. The largest absolute Gasteiger partial charge is 0.421 e. The van der Waals surface area contributed by atoms with Crippen molar-refractivity contribution in [2.45, 2.75) is 90.9 Å². The van der Waals surface area contributed by atoms with Crippen molar-refractivity contribution in [3.8, 4) is 0 Å². The lowest BCUT2D eigenvalue weighted by Crippen LogP contribution is -2.41. The number of nitrogens with zero attached hydrogens (tertiary/aromatic N) is 4. The Labute approximate surface area is 271 Å². The highest BCUT2D eigenvalue weighted by Gasteiger charge is 2.39. The third kappa shape index (κ3) is 9.11. The zero-order valence-electron chi connectivity index (χ0n) is 26.5. The van der Waals surface area contributed by atoms with E-state index in [-0.39, 0.29) is 37.0 Å². The first kappa shape index (κ1) is 35.4. The first-order valence-electron chi connectivity index (χ1n) is 16.3. The van der Waals surface area contributed by atoms with Crippen molar-refractivity contribution in [2.24, 2.45) is 17.8 Å². The summed E-state index contributed by atoms with van der Waals surface area (Å²) < 4.78 is 41.6. The van der Waals surface area contributed by atoms with Crippen LogP contribution < -0.4 is 16.0 Å². The molecule has 3 N–H and O–H groups in total. The molecule has 2 aliphatic heterocycles. The van der Waals surface area contributed by atoms with Crippen molar-refractivity contribution in [2.75, 3.05) is 43.9 Å². The first-order valence-corrected chi connectivity index (χ1v) is 16.3. The summed E-state index contributed by atoms with van der Waals surface area (Å²) in [5.74, 6) is 0.461. The number of carbonyl (C=O) groups is 2. The van der Waals surface area contributed by atoms with Gasteiger partial charge >= 0.3 is 6.18 Å². The molecule has 1 saturated carbocycles. The van der Waals surface area contributed by atoms with Crippen molar-refractivity contribution in [3.63, 3.8) is 0 Å². The summed E-state index contributed by atoms with van der Waals surface area (Å²) >= 11 is 0. The Kier molecular flexibility index (Phi) is 11.9. The van der Waals surface area contributed by atoms with Crippen LogP contribution in [0.2, 0.25) is 0 Å². The Bertz CT molecular complexity index is 1300. The number of benzene rings is 1. The number of piperidine rings is 2. The van der Waals surface area contributed by atoms with Gasteiger partial charge in [-0.2, -0.15) is 18.2 Å². The van der Waals surface area contributed by atoms with E-state index in [4.69, 9.17) is 0 Å². The van der Waals surface area contributed by atoms with Gasteiger partial charge in [-0.3, -0.25) is 9.59 Å². The SMILES string of the molecule is C.CC(C)NC(=O)[C@H]1CCC[C@H]1Nc1nc(Nc2ccc(C(=O)N3CCC(CC4CCN(C)CC4)CC3)cc2)ncc1C(F)(F)F. The van der Waals surface area contributed by atoms with E-state index in [0.717, 1.165) is 44.5 Å². The number of nitrogens with one attached hydrogen (secondary N) is 3. The molecule has 1 aromatic carbocycles. The fraction of sp³-hybridized carbons (Fsp3) is 0.647. The zero-order valence-corrected chi connectivity index (χ0v) is 26.5. The van der Waals surface area contributed by atoms with Crippen LogP contribution in [-0.4, -0.2) is 76.9 Å². The van der Waals surface area contributed by atoms with Gasteiger partial charge in [0.15, 0.2) is 0 Å². The van der Waals surface area contributed by atoms with Crippen molar-refractivity contribution in [1.82, 2.24) is 25.1 Å². The van der Waals surface area contributed by atoms with Gasteiger partial charge in [-0.15, -0.1) is 0 Å². The summed E-state index contributed by atoms with van der Waals surface area (Å²) in [6.45, 7) is 7.56. The molecule has 2 saturated heterocycles. The van der Waals surface area contributed by atoms with Gasteiger partial charge in [0, 0.05) is 42.6 Å². The molecule has 9 nitrogen and oxygen atoms in total. The predicted molar refractivity (Wildman–Crippen MR) is 175 cm³/mol. The highest BCUT2D eigenvalue weighted by Crippen LogP contribution is 2.37. The lowest BCUT2D eigenvalue weighted by Gasteiger charge is -2.36. The molecular weight excluding hydrogens is 595 g/mol. The van der Waals surface area contributed by atoms with Crippen LogP contribution >= 0.6 is 0 Å². The normalized spacial score (nSPS) is 21.6. The quantitative estimate of drug-likeness (QED) is 0.284. The van der Waals surface area contributed by atoms with Gasteiger partial charge in [0.1, 0.15) is 11.4 Å². The van der Waals surface area contributed by atoms with Crippen LogP contribution in [-0.2, 0) is 11.0 Å². The zero-order chi connectivity index (χ0) is 32.1.